The zero-order valence-electron chi connectivity index (χ0n) is 10.5. The number of ether oxygens (including phenoxy) is 2. The fourth-order valence-electron chi connectivity index (χ4n) is 2.27. The number of benzene rings is 1. The molecule has 5 heteroatoms. The zero-order valence-corrected chi connectivity index (χ0v) is 10.5. The number of aromatic nitrogens is 3. The lowest BCUT2D eigenvalue weighted by Gasteiger charge is -2.04. The van der Waals surface area contributed by atoms with Crippen molar-refractivity contribution in [1.29, 1.82) is 0 Å². The van der Waals surface area contributed by atoms with Gasteiger partial charge in [-0.05, 0) is 29.8 Å². The summed E-state index contributed by atoms with van der Waals surface area (Å²) in [6.45, 7) is 0.275. The van der Waals surface area contributed by atoms with E-state index in [0.717, 1.165) is 34.0 Å². The summed E-state index contributed by atoms with van der Waals surface area (Å²) in [4.78, 5) is 4.35. The van der Waals surface area contributed by atoms with Gasteiger partial charge in [-0.1, -0.05) is 12.1 Å². The summed E-state index contributed by atoms with van der Waals surface area (Å²) in [6, 6.07) is 11.6. The van der Waals surface area contributed by atoms with Gasteiger partial charge in [0, 0.05) is 11.8 Å². The Bertz CT molecular complexity index is 753. The van der Waals surface area contributed by atoms with Crippen LogP contribution < -0.4 is 9.47 Å². The number of fused-ring (bicyclic) bond motifs is 1. The SMILES string of the molecule is c1ccc(-c2[nH]ncc2-c2ccc3c(c2)OCO3)nc1. The molecule has 1 aliphatic heterocycles. The standard InChI is InChI=1S/C15H11N3O2/c1-2-6-16-12(3-1)15-11(8-17-18-15)10-4-5-13-14(7-10)20-9-19-13/h1-8H,9H2,(H,17,18). The van der Waals surface area contributed by atoms with Gasteiger partial charge in [0.25, 0.3) is 0 Å². The number of H-pyrrole nitrogens is 1. The second-order valence-corrected chi connectivity index (χ2v) is 4.44. The van der Waals surface area contributed by atoms with Crippen molar-refractivity contribution in [3.63, 3.8) is 0 Å². The monoisotopic (exact) mass is 265 g/mol. The highest BCUT2D eigenvalue weighted by Gasteiger charge is 2.16. The van der Waals surface area contributed by atoms with Gasteiger partial charge < -0.3 is 9.47 Å². The first-order valence-electron chi connectivity index (χ1n) is 6.26. The molecule has 20 heavy (non-hydrogen) atoms. The predicted octanol–water partition coefficient (Wildman–Crippen LogP) is 2.87. The van der Waals surface area contributed by atoms with Gasteiger partial charge in [0.15, 0.2) is 11.5 Å². The highest BCUT2D eigenvalue weighted by atomic mass is 16.7. The van der Waals surface area contributed by atoms with E-state index in [1.807, 2.05) is 36.4 Å². The molecule has 0 saturated carbocycles. The van der Waals surface area contributed by atoms with E-state index in [9.17, 15) is 0 Å². The number of rotatable bonds is 2. The lowest BCUT2D eigenvalue weighted by atomic mass is 10.0. The van der Waals surface area contributed by atoms with Crippen molar-refractivity contribution in [2.75, 3.05) is 6.79 Å². The summed E-state index contributed by atoms with van der Waals surface area (Å²) in [5.41, 5.74) is 3.76. The summed E-state index contributed by atoms with van der Waals surface area (Å²) in [7, 11) is 0. The van der Waals surface area contributed by atoms with Crippen molar-refractivity contribution >= 4 is 0 Å². The molecule has 0 spiro atoms. The summed E-state index contributed by atoms with van der Waals surface area (Å²) in [5, 5.41) is 7.14. The van der Waals surface area contributed by atoms with E-state index in [2.05, 4.69) is 15.2 Å². The van der Waals surface area contributed by atoms with Crippen molar-refractivity contribution in [1.82, 2.24) is 15.2 Å². The lowest BCUT2D eigenvalue weighted by Crippen LogP contribution is -1.92. The van der Waals surface area contributed by atoms with Crippen LogP contribution in [0, 0.1) is 0 Å². The lowest BCUT2D eigenvalue weighted by molar-refractivity contribution is 0.174. The molecule has 3 aromatic rings. The Kier molecular flexibility index (Phi) is 2.42. The minimum Gasteiger partial charge on any atom is -0.454 e. The van der Waals surface area contributed by atoms with Gasteiger partial charge in [0.2, 0.25) is 6.79 Å². The van der Waals surface area contributed by atoms with Gasteiger partial charge >= 0.3 is 0 Å². The molecule has 0 saturated heterocycles. The van der Waals surface area contributed by atoms with Crippen LogP contribution in [-0.2, 0) is 0 Å². The average Bonchev–Trinajstić information content (AvgIpc) is 3.16. The second-order valence-electron chi connectivity index (χ2n) is 4.44. The quantitative estimate of drug-likeness (QED) is 0.774. The Hall–Kier alpha value is -2.82. The minimum atomic E-state index is 0.275. The molecule has 1 aromatic carbocycles. The average molecular weight is 265 g/mol. The first-order chi connectivity index (χ1) is 9.92. The normalized spacial score (nSPS) is 12.6. The Morgan fingerprint density at radius 2 is 2.00 bits per heavy atom. The van der Waals surface area contributed by atoms with Crippen molar-refractivity contribution in [2.24, 2.45) is 0 Å². The molecule has 2 aromatic heterocycles. The van der Waals surface area contributed by atoms with Crippen LogP contribution in [0.3, 0.4) is 0 Å². The van der Waals surface area contributed by atoms with Crippen LogP contribution in [0.4, 0.5) is 0 Å². The maximum atomic E-state index is 5.41. The highest BCUT2D eigenvalue weighted by Crippen LogP contribution is 2.37. The molecular formula is C15H11N3O2. The van der Waals surface area contributed by atoms with Gasteiger partial charge in [-0.3, -0.25) is 10.1 Å². The Labute approximate surface area is 115 Å². The molecule has 5 nitrogen and oxygen atoms in total. The number of pyridine rings is 1. The van der Waals surface area contributed by atoms with E-state index < -0.39 is 0 Å². The minimum absolute atomic E-state index is 0.275. The van der Waals surface area contributed by atoms with Crippen LogP contribution >= 0.6 is 0 Å². The number of hydrogen-bond acceptors (Lipinski definition) is 4. The fraction of sp³-hybridized carbons (Fsp3) is 0.0667. The van der Waals surface area contributed by atoms with Crippen LogP contribution in [-0.4, -0.2) is 22.0 Å². The summed E-state index contributed by atoms with van der Waals surface area (Å²) in [5.74, 6) is 1.53. The maximum absolute atomic E-state index is 5.41. The van der Waals surface area contributed by atoms with Gasteiger partial charge in [0.05, 0.1) is 17.6 Å². The maximum Gasteiger partial charge on any atom is 0.231 e. The summed E-state index contributed by atoms with van der Waals surface area (Å²) < 4.78 is 10.7. The molecule has 0 aliphatic carbocycles. The number of nitrogens with zero attached hydrogens (tertiary/aromatic N) is 2. The Morgan fingerprint density at radius 1 is 1.05 bits per heavy atom. The van der Waals surface area contributed by atoms with Gasteiger partial charge in [0.1, 0.15) is 0 Å². The smallest absolute Gasteiger partial charge is 0.231 e. The molecule has 1 aliphatic rings. The first kappa shape index (κ1) is 11.0. The third-order valence-corrected chi connectivity index (χ3v) is 3.24. The Balaban J connectivity index is 1.82. The van der Waals surface area contributed by atoms with Crippen molar-refractivity contribution in [2.45, 2.75) is 0 Å². The molecule has 0 radical (unpaired) electrons. The van der Waals surface area contributed by atoms with E-state index in [1.165, 1.54) is 0 Å². The van der Waals surface area contributed by atoms with Crippen molar-refractivity contribution in [3.05, 3.63) is 48.8 Å². The predicted molar refractivity (Wildman–Crippen MR) is 73.4 cm³/mol. The second kappa shape index (κ2) is 4.38. The molecule has 4 rings (SSSR count). The topological polar surface area (TPSA) is 60.0 Å². The van der Waals surface area contributed by atoms with Crippen LogP contribution in [0.1, 0.15) is 0 Å². The fourth-order valence-corrected chi connectivity index (χ4v) is 2.27. The third-order valence-electron chi connectivity index (χ3n) is 3.24. The van der Waals surface area contributed by atoms with Gasteiger partial charge in [-0.2, -0.15) is 5.10 Å². The molecule has 3 heterocycles. The van der Waals surface area contributed by atoms with E-state index >= 15 is 0 Å². The van der Waals surface area contributed by atoms with Crippen molar-refractivity contribution in [3.8, 4) is 34.0 Å². The third kappa shape index (κ3) is 1.72. The molecule has 0 amide bonds. The van der Waals surface area contributed by atoms with E-state index in [1.54, 1.807) is 12.4 Å². The van der Waals surface area contributed by atoms with Gasteiger partial charge in [-0.25, -0.2) is 0 Å². The molecule has 0 fully saturated rings. The summed E-state index contributed by atoms with van der Waals surface area (Å²) in [6.07, 6.45) is 3.56. The van der Waals surface area contributed by atoms with Crippen molar-refractivity contribution < 1.29 is 9.47 Å². The van der Waals surface area contributed by atoms with Crippen LogP contribution in [0.2, 0.25) is 0 Å². The molecule has 0 atom stereocenters. The molecule has 0 unspecified atom stereocenters. The van der Waals surface area contributed by atoms with E-state index in [4.69, 9.17) is 9.47 Å². The molecular weight excluding hydrogens is 254 g/mol. The number of nitrogens with one attached hydrogen (secondary N) is 1. The number of hydrogen-bond donors (Lipinski definition) is 1. The largest absolute Gasteiger partial charge is 0.454 e. The zero-order chi connectivity index (χ0) is 13.4. The van der Waals surface area contributed by atoms with Gasteiger partial charge in [-0.15, -0.1) is 0 Å². The molecule has 0 bridgehead atoms. The van der Waals surface area contributed by atoms with E-state index in [0.29, 0.717) is 0 Å². The number of aromatic amines is 1. The molecule has 1 N–H and O–H groups in total. The highest BCUT2D eigenvalue weighted by molar-refractivity contribution is 5.79. The van der Waals surface area contributed by atoms with Crippen LogP contribution in [0.15, 0.2) is 48.8 Å². The molecule has 98 valence electrons. The van der Waals surface area contributed by atoms with Crippen LogP contribution in [0.5, 0.6) is 11.5 Å². The van der Waals surface area contributed by atoms with E-state index in [-0.39, 0.29) is 6.79 Å². The summed E-state index contributed by atoms with van der Waals surface area (Å²) >= 11 is 0. The first-order valence-corrected chi connectivity index (χ1v) is 6.26. The van der Waals surface area contributed by atoms with Crippen LogP contribution in [0.25, 0.3) is 22.5 Å². The Morgan fingerprint density at radius 3 is 2.90 bits per heavy atom.